The summed E-state index contributed by atoms with van der Waals surface area (Å²) in [6.07, 6.45) is 3.42. The minimum absolute atomic E-state index is 0.415. The maximum absolute atomic E-state index is 5.76. The molecular formula is C18H26N2O2. The summed E-state index contributed by atoms with van der Waals surface area (Å²) in [6.45, 7) is 3.31. The number of nitrogens with zero attached hydrogens (tertiary/aromatic N) is 2. The maximum Gasteiger partial charge on any atom is 0.119 e. The van der Waals surface area contributed by atoms with Crippen LogP contribution in [-0.4, -0.2) is 69.4 Å². The van der Waals surface area contributed by atoms with Gasteiger partial charge in [0.15, 0.2) is 0 Å². The van der Waals surface area contributed by atoms with E-state index in [0.717, 1.165) is 38.5 Å². The summed E-state index contributed by atoms with van der Waals surface area (Å²) in [6, 6.07) is 9.44. The molecule has 0 N–H and O–H groups in total. The molecule has 0 radical (unpaired) electrons. The van der Waals surface area contributed by atoms with E-state index in [9.17, 15) is 0 Å². The summed E-state index contributed by atoms with van der Waals surface area (Å²) in [5, 5.41) is 0. The molecule has 4 heteroatoms. The largest absolute Gasteiger partial charge is 0.492 e. The Bertz CT molecular complexity index is 524. The van der Waals surface area contributed by atoms with E-state index >= 15 is 0 Å². The first-order valence-corrected chi connectivity index (χ1v) is 8.02. The Morgan fingerprint density at radius 1 is 1.23 bits per heavy atom. The molecule has 0 spiro atoms. The van der Waals surface area contributed by atoms with Crippen LogP contribution in [0.5, 0.6) is 5.75 Å². The van der Waals surface area contributed by atoms with Gasteiger partial charge in [0.2, 0.25) is 0 Å². The Labute approximate surface area is 133 Å². The van der Waals surface area contributed by atoms with E-state index in [4.69, 9.17) is 9.47 Å². The Morgan fingerprint density at radius 3 is 2.68 bits per heavy atom. The van der Waals surface area contributed by atoms with Crippen LogP contribution < -0.4 is 4.74 Å². The van der Waals surface area contributed by atoms with E-state index in [1.165, 1.54) is 11.1 Å². The van der Waals surface area contributed by atoms with Crippen molar-refractivity contribution in [3.05, 3.63) is 35.9 Å². The topological polar surface area (TPSA) is 24.9 Å². The first-order chi connectivity index (χ1) is 10.6. The van der Waals surface area contributed by atoms with E-state index in [1.807, 2.05) is 0 Å². The molecule has 1 saturated heterocycles. The van der Waals surface area contributed by atoms with Gasteiger partial charge in [0.05, 0.1) is 19.3 Å². The number of rotatable bonds is 5. The monoisotopic (exact) mass is 302 g/mol. The number of likely N-dealkylation sites (N-methyl/N-ethyl adjacent to an activating group) is 2. The van der Waals surface area contributed by atoms with Gasteiger partial charge in [0.1, 0.15) is 12.4 Å². The van der Waals surface area contributed by atoms with Crippen molar-refractivity contribution < 1.29 is 9.47 Å². The fraction of sp³-hybridized carbons (Fsp3) is 0.556. The molecule has 2 heterocycles. The Hall–Kier alpha value is -1.36. The molecule has 2 aliphatic rings. The quantitative estimate of drug-likeness (QED) is 0.832. The number of hydrogen-bond acceptors (Lipinski definition) is 4. The molecule has 2 unspecified atom stereocenters. The van der Waals surface area contributed by atoms with E-state index in [0.29, 0.717) is 12.1 Å². The van der Waals surface area contributed by atoms with Gasteiger partial charge >= 0.3 is 0 Å². The summed E-state index contributed by atoms with van der Waals surface area (Å²) in [5.74, 6) is 0.947. The van der Waals surface area contributed by atoms with Crippen molar-refractivity contribution in [1.29, 1.82) is 0 Å². The third-order valence-corrected chi connectivity index (χ3v) is 4.58. The van der Waals surface area contributed by atoms with Gasteiger partial charge in [0.25, 0.3) is 0 Å². The molecule has 0 aliphatic carbocycles. The first kappa shape index (κ1) is 15.5. The number of morpholine rings is 1. The lowest BCUT2D eigenvalue weighted by Crippen LogP contribution is -2.51. The minimum atomic E-state index is 0.415. The van der Waals surface area contributed by atoms with Gasteiger partial charge in [-0.1, -0.05) is 18.2 Å². The van der Waals surface area contributed by atoms with Crippen LogP contribution in [0.2, 0.25) is 0 Å². The van der Waals surface area contributed by atoms with Gasteiger partial charge in [0, 0.05) is 12.6 Å². The molecule has 0 amide bonds. The zero-order chi connectivity index (χ0) is 15.5. The van der Waals surface area contributed by atoms with Crippen LogP contribution in [-0.2, 0) is 4.74 Å². The molecule has 22 heavy (non-hydrogen) atoms. The van der Waals surface area contributed by atoms with Crippen LogP contribution in [0.15, 0.2) is 30.3 Å². The third-order valence-electron chi connectivity index (χ3n) is 4.58. The molecule has 3 rings (SSSR count). The second-order valence-corrected chi connectivity index (χ2v) is 6.50. The molecule has 1 fully saturated rings. The van der Waals surface area contributed by atoms with Gasteiger partial charge in [-0.2, -0.15) is 0 Å². The highest BCUT2D eigenvalue weighted by Crippen LogP contribution is 2.32. The Morgan fingerprint density at radius 2 is 2.00 bits per heavy atom. The van der Waals surface area contributed by atoms with Gasteiger partial charge in [-0.05, 0) is 50.8 Å². The van der Waals surface area contributed by atoms with Gasteiger partial charge in [-0.3, -0.25) is 4.90 Å². The van der Waals surface area contributed by atoms with Gasteiger partial charge in [-0.15, -0.1) is 0 Å². The Balaban J connectivity index is 1.65. The van der Waals surface area contributed by atoms with Crippen molar-refractivity contribution >= 4 is 5.57 Å². The highest BCUT2D eigenvalue weighted by molar-refractivity contribution is 5.68. The summed E-state index contributed by atoms with van der Waals surface area (Å²) < 4.78 is 11.4. The van der Waals surface area contributed by atoms with Gasteiger partial charge < -0.3 is 14.4 Å². The van der Waals surface area contributed by atoms with Crippen molar-refractivity contribution in [2.75, 3.05) is 47.5 Å². The summed E-state index contributed by atoms with van der Waals surface area (Å²) in [7, 11) is 6.31. The standard InChI is InChI=1S/C18H26N2O2/c1-19(2)8-9-22-18-6-4-14(5-7-18)15-10-16-12-21-13-17(11-15)20(16)3/h4-7,10,16-17H,8-9,11-13H2,1-3H3. The smallest absolute Gasteiger partial charge is 0.119 e. The van der Waals surface area contributed by atoms with E-state index in [1.54, 1.807) is 0 Å². The lowest BCUT2D eigenvalue weighted by molar-refractivity contribution is -0.0221. The molecule has 4 nitrogen and oxygen atoms in total. The first-order valence-electron chi connectivity index (χ1n) is 8.02. The van der Waals surface area contributed by atoms with Crippen LogP contribution in [0.4, 0.5) is 0 Å². The third kappa shape index (κ3) is 3.51. The molecular weight excluding hydrogens is 276 g/mol. The zero-order valence-corrected chi connectivity index (χ0v) is 13.8. The number of ether oxygens (including phenoxy) is 2. The average Bonchev–Trinajstić information content (AvgIpc) is 2.47. The summed E-state index contributed by atoms with van der Waals surface area (Å²) >= 11 is 0. The Kier molecular flexibility index (Phi) is 4.81. The molecule has 0 saturated carbocycles. The normalized spacial score (nSPS) is 25.2. The average molecular weight is 302 g/mol. The van der Waals surface area contributed by atoms with E-state index in [2.05, 4.69) is 61.3 Å². The lowest BCUT2D eigenvalue weighted by atomic mass is 9.90. The van der Waals surface area contributed by atoms with Crippen LogP contribution in [0, 0.1) is 0 Å². The van der Waals surface area contributed by atoms with Gasteiger partial charge in [-0.25, -0.2) is 0 Å². The lowest BCUT2D eigenvalue weighted by Gasteiger charge is -2.42. The maximum atomic E-state index is 5.76. The van der Waals surface area contributed by atoms with Crippen molar-refractivity contribution in [2.45, 2.75) is 18.5 Å². The SMILES string of the molecule is CN(C)CCOc1ccc(C2=CC3COCC(C2)N3C)cc1. The van der Waals surface area contributed by atoms with Crippen LogP contribution in [0.25, 0.3) is 5.57 Å². The summed E-state index contributed by atoms with van der Waals surface area (Å²) in [4.78, 5) is 4.56. The number of hydrogen-bond donors (Lipinski definition) is 0. The zero-order valence-electron chi connectivity index (χ0n) is 13.8. The fourth-order valence-electron chi connectivity index (χ4n) is 3.08. The number of benzene rings is 1. The highest BCUT2D eigenvalue weighted by Gasteiger charge is 2.32. The molecule has 1 aromatic carbocycles. The van der Waals surface area contributed by atoms with Crippen LogP contribution in [0.3, 0.4) is 0 Å². The van der Waals surface area contributed by atoms with Crippen LogP contribution in [0.1, 0.15) is 12.0 Å². The molecule has 120 valence electrons. The van der Waals surface area contributed by atoms with Crippen LogP contribution >= 0.6 is 0 Å². The number of fused-ring (bicyclic) bond motifs is 2. The minimum Gasteiger partial charge on any atom is -0.492 e. The van der Waals surface area contributed by atoms with Crippen molar-refractivity contribution in [3.63, 3.8) is 0 Å². The predicted octanol–water partition coefficient (Wildman–Crippen LogP) is 2.11. The molecule has 2 aliphatic heterocycles. The molecule has 2 bridgehead atoms. The van der Waals surface area contributed by atoms with E-state index in [-0.39, 0.29) is 0 Å². The second kappa shape index (κ2) is 6.82. The fourth-order valence-corrected chi connectivity index (χ4v) is 3.08. The van der Waals surface area contributed by atoms with Crippen molar-refractivity contribution in [1.82, 2.24) is 9.80 Å². The van der Waals surface area contributed by atoms with Crippen molar-refractivity contribution in [2.24, 2.45) is 0 Å². The van der Waals surface area contributed by atoms with Crippen molar-refractivity contribution in [3.8, 4) is 5.75 Å². The predicted molar refractivity (Wildman–Crippen MR) is 89.2 cm³/mol. The highest BCUT2D eigenvalue weighted by atomic mass is 16.5. The molecule has 0 aromatic heterocycles. The molecule has 1 aromatic rings. The van der Waals surface area contributed by atoms with E-state index < -0.39 is 0 Å². The second-order valence-electron chi connectivity index (χ2n) is 6.50. The summed E-state index contributed by atoms with van der Waals surface area (Å²) in [5.41, 5.74) is 2.75. The molecule has 2 atom stereocenters.